The summed E-state index contributed by atoms with van der Waals surface area (Å²) in [7, 11) is 0. The lowest BCUT2D eigenvalue weighted by atomic mass is 10.2. The number of nitrogens with zero attached hydrogens (tertiary/aromatic N) is 2. The number of rotatable bonds is 5. The van der Waals surface area contributed by atoms with E-state index < -0.39 is 0 Å². The molecule has 3 rings (SSSR count). The van der Waals surface area contributed by atoms with Gasteiger partial charge < -0.3 is 10.3 Å². The summed E-state index contributed by atoms with van der Waals surface area (Å²) >= 11 is 1.39. The van der Waals surface area contributed by atoms with Crippen molar-refractivity contribution in [1.82, 2.24) is 25.5 Å². The predicted molar refractivity (Wildman–Crippen MR) is 82.0 cm³/mol. The van der Waals surface area contributed by atoms with Gasteiger partial charge in [-0.3, -0.25) is 9.89 Å². The van der Waals surface area contributed by atoms with Crippen LogP contribution in [0.1, 0.15) is 11.3 Å². The van der Waals surface area contributed by atoms with Crippen molar-refractivity contribution < 1.29 is 4.79 Å². The zero-order chi connectivity index (χ0) is 14.7. The Morgan fingerprint density at radius 1 is 1.38 bits per heavy atom. The molecule has 3 aromatic rings. The summed E-state index contributed by atoms with van der Waals surface area (Å²) in [6.07, 6.45) is 1.66. The lowest BCUT2D eigenvalue weighted by Gasteiger charge is -2.01. The third-order valence-electron chi connectivity index (χ3n) is 2.99. The van der Waals surface area contributed by atoms with Crippen molar-refractivity contribution in [2.24, 2.45) is 0 Å². The molecule has 0 aliphatic heterocycles. The molecule has 0 aliphatic carbocycles. The molecule has 7 heteroatoms. The van der Waals surface area contributed by atoms with Gasteiger partial charge >= 0.3 is 0 Å². The number of carbonyl (C=O) groups is 1. The first-order chi connectivity index (χ1) is 10.2. The number of fused-ring (bicyclic) bond motifs is 1. The monoisotopic (exact) mass is 301 g/mol. The molecule has 3 N–H and O–H groups in total. The van der Waals surface area contributed by atoms with Crippen LogP contribution < -0.4 is 5.32 Å². The van der Waals surface area contributed by atoms with Crippen LogP contribution in [0.2, 0.25) is 0 Å². The summed E-state index contributed by atoms with van der Waals surface area (Å²) in [5.41, 5.74) is 3.98. The van der Waals surface area contributed by atoms with E-state index in [1.54, 1.807) is 6.20 Å². The second kappa shape index (κ2) is 6.01. The first-order valence-corrected chi connectivity index (χ1v) is 7.53. The Morgan fingerprint density at radius 3 is 3.10 bits per heavy atom. The topological polar surface area (TPSA) is 86.5 Å². The van der Waals surface area contributed by atoms with Crippen molar-refractivity contribution in [2.75, 3.05) is 5.75 Å². The summed E-state index contributed by atoms with van der Waals surface area (Å²) in [5.74, 6) is 0.290. The fourth-order valence-corrected chi connectivity index (χ4v) is 2.65. The first-order valence-electron chi connectivity index (χ1n) is 6.55. The van der Waals surface area contributed by atoms with Gasteiger partial charge in [0.15, 0.2) is 5.16 Å². The second-order valence-electron chi connectivity index (χ2n) is 4.71. The molecule has 6 nitrogen and oxygen atoms in total. The Hall–Kier alpha value is -2.28. The molecule has 1 amide bonds. The van der Waals surface area contributed by atoms with Gasteiger partial charge in [0, 0.05) is 6.20 Å². The highest BCUT2D eigenvalue weighted by molar-refractivity contribution is 7.99. The van der Waals surface area contributed by atoms with Crippen molar-refractivity contribution in [3.63, 3.8) is 0 Å². The number of nitrogens with one attached hydrogen (secondary N) is 3. The number of H-pyrrole nitrogens is 2. The maximum Gasteiger partial charge on any atom is 0.230 e. The van der Waals surface area contributed by atoms with Gasteiger partial charge in [-0.05, 0) is 30.7 Å². The minimum atomic E-state index is -0.0359. The molecule has 2 heterocycles. The van der Waals surface area contributed by atoms with Crippen molar-refractivity contribution in [1.29, 1.82) is 0 Å². The van der Waals surface area contributed by atoms with E-state index in [1.807, 2.05) is 31.2 Å². The van der Waals surface area contributed by atoms with Gasteiger partial charge in [0.05, 0.1) is 29.0 Å². The molecule has 21 heavy (non-hydrogen) atoms. The number of aromatic amines is 2. The van der Waals surface area contributed by atoms with Crippen LogP contribution in [0.4, 0.5) is 0 Å². The highest BCUT2D eigenvalue weighted by atomic mass is 32.2. The van der Waals surface area contributed by atoms with Crippen molar-refractivity contribution in [3.05, 3.63) is 41.7 Å². The third-order valence-corrected chi connectivity index (χ3v) is 3.86. The van der Waals surface area contributed by atoms with Gasteiger partial charge in [-0.15, -0.1) is 0 Å². The molecule has 2 aromatic heterocycles. The number of hydrogen-bond donors (Lipinski definition) is 3. The number of imidazole rings is 1. The molecule has 0 radical (unpaired) electrons. The number of benzene rings is 1. The summed E-state index contributed by atoms with van der Waals surface area (Å²) < 4.78 is 0. The number of carbonyl (C=O) groups excluding carboxylic acids is 1. The van der Waals surface area contributed by atoms with Gasteiger partial charge in [0.25, 0.3) is 0 Å². The summed E-state index contributed by atoms with van der Waals surface area (Å²) in [5, 5.41) is 10.2. The summed E-state index contributed by atoms with van der Waals surface area (Å²) in [4.78, 5) is 19.4. The average Bonchev–Trinajstić information content (AvgIpc) is 3.11. The summed E-state index contributed by atoms with van der Waals surface area (Å²) in [6, 6.07) is 7.87. The van der Waals surface area contributed by atoms with Crippen LogP contribution in [-0.2, 0) is 11.3 Å². The van der Waals surface area contributed by atoms with E-state index in [1.165, 1.54) is 17.3 Å². The van der Waals surface area contributed by atoms with Crippen LogP contribution in [0, 0.1) is 6.92 Å². The van der Waals surface area contributed by atoms with Crippen LogP contribution in [0.25, 0.3) is 11.0 Å². The van der Waals surface area contributed by atoms with Gasteiger partial charge in [-0.1, -0.05) is 17.8 Å². The van der Waals surface area contributed by atoms with Crippen LogP contribution >= 0.6 is 11.8 Å². The standard InChI is InChI=1S/C14H15N5OS/c1-9-2-3-11-12(6-9)18-14(17-11)21-8-13(20)15-7-10-4-5-16-19-10/h2-6H,7-8H2,1H3,(H,15,20)(H,16,19)(H,17,18). The van der Waals surface area contributed by atoms with E-state index in [9.17, 15) is 4.79 Å². The largest absolute Gasteiger partial charge is 0.350 e. The number of amides is 1. The maximum absolute atomic E-state index is 11.8. The lowest BCUT2D eigenvalue weighted by molar-refractivity contribution is -0.118. The Labute approximate surface area is 125 Å². The van der Waals surface area contributed by atoms with E-state index in [2.05, 4.69) is 25.5 Å². The number of aryl methyl sites for hydroxylation is 1. The van der Waals surface area contributed by atoms with Gasteiger partial charge in [-0.25, -0.2) is 4.98 Å². The van der Waals surface area contributed by atoms with Gasteiger partial charge in [0.1, 0.15) is 0 Å². The zero-order valence-corrected chi connectivity index (χ0v) is 12.3. The average molecular weight is 301 g/mol. The van der Waals surface area contributed by atoms with Crippen molar-refractivity contribution in [2.45, 2.75) is 18.6 Å². The van der Waals surface area contributed by atoms with Crippen LogP contribution in [0.5, 0.6) is 0 Å². The Balaban J connectivity index is 1.54. The quantitative estimate of drug-likeness (QED) is 0.629. The van der Waals surface area contributed by atoms with E-state index in [0.717, 1.165) is 21.9 Å². The maximum atomic E-state index is 11.8. The Morgan fingerprint density at radius 2 is 2.29 bits per heavy atom. The van der Waals surface area contributed by atoms with E-state index in [-0.39, 0.29) is 5.91 Å². The SMILES string of the molecule is Cc1ccc2nc(SCC(=O)NCc3ccn[nH]3)[nH]c2c1. The predicted octanol–water partition coefficient (Wildman–Crippen LogP) is 2.00. The smallest absolute Gasteiger partial charge is 0.230 e. The van der Waals surface area contributed by atoms with Crippen LogP contribution in [0.15, 0.2) is 35.6 Å². The fourth-order valence-electron chi connectivity index (χ4n) is 1.93. The molecule has 0 saturated heterocycles. The van der Waals surface area contributed by atoms with Crippen LogP contribution in [0.3, 0.4) is 0 Å². The van der Waals surface area contributed by atoms with Gasteiger partial charge in [-0.2, -0.15) is 5.10 Å². The number of hydrogen-bond acceptors (Lipinski definition) is 4. The van der Waals surface area contributed by atoms with E-state index >= 15 is 0 Å². The first kappa shape index (κ1) is 13.7. The molecule has 0 bridgehead atoms. The Kier molecular flexibility index (Phi) is 3.92. The Bertz CT molecular complexity index is 750. The number of aromatic nitrogens is 4. The molecule has 0 aliphatic rings. The van der Waals surface area contributed by atoms with E-state index in [0.29, 0.717) is 12.3 Å². The minimum absolute atomic E-state index is 0.0359. The third kappa shape index (κ3) is 3.43. The van der Waals surface area contributed by atoms with Crippen molar-refractivity contribution >= 4 is 28.7 Å². The molecule has 0 spiro atoms. The van der Waals surface area contributed by atoms with E-state index in [4.69, 9.17) is 0 Å². The van der Waals surface area contributed by atoms with Gasteiger partial charge in [0.2, 0.25) is 5.91 Å². The lowest BCUT2D eigenvalue weighted by Crippen LogP contribution is -2.24. The van der Waals surface area contributed by atoms with Crippen LogP contribution in [-0.4, -0.2) is 31.8 Å². The highest BCUT2D eigenvalue weighted by Gasteiger charge is 2.07. The minimum Gasteiger partial charge on any atom is -0.350 e. The molecule has 0 unspecified atom stereocenters. The van der Waals surface area contributed by atoms with Crippen molar-refractivity contribution in [3.8, 4) is 0 Å². The molecular weight excluding hydrogens is 286 g/mol. The number of thioether (sulfide) groups is 1. The molecular formula is C14H15N5OS. The molecule has 1 aromatic carbocycles. The molecule has 0 atom stereocenters. The molecule has 0 saturated carbocycles. The zero-order valence-electron chi connectivity index (χ0n) is 11.5. The summed E-state index contributed by atoms with van der Waals surface area (Å²) in [6.45, 7) is 2.49. The second-order valence-corrected chi connectivity index (χ2v) is 5.67. The molecule has 108 valence electrons. The normalized spacial score (nSPS) is 10.9. The molecule has 0 fully saturated rings. The fraction of sp³-hybridized carbons (Fsp3) is 0.214. The highest BCUT2D eigenvalue weighted by Crippen LogP contribution is 2.20.